The van der Waals surface area contributed by atoms with Crippen molar-refractivity contribution >= 4 is 5.69 Å². The van der Waals surface area contributed by atoms with Crippen LogP contribution in [-0.2, 0) is 0 Å². The lowest BCUT2D eigenvalue weighted by Crippen LogP contribution is -2.03. The first-order chi connectivity index (χ1) is 7.00. The van der Waals surface area contributed by atoms with Gasteiger partial charge in [-0.05, 0) is 31.9 Å². The highest BCUT2D eigenvalue weighted by Gasteiger charge is 2.00. The summed E-state index contributed by atoms with van der Waals surface area (Å²) in [6.07, 6.45) is 3.96. The lowest BCUT2D eigenvalue weighted by Gasteiger charge is -2.11. The van der Waals surface area contributed by atoms with Crippen LogP contribution < -0.4 is 5.32 Å². The van der Waals surface area contributed by atoms with Crippen LogP contribution in [-0.4, -0.2) is 19.0 Å². The normalized spacial score (nSPS) is 10.7. The average Bonchev–Trinajstić information content (AvgIpc) is 2.08. The van der Waals surface area contributed by atoms with Crippen LogP contribution in [0.1, 0.15) is 16.7 Å². The van der Waals surface area contributed by atoms with Crippen molar-refractivity contribution in [2.45, 2.75) is 20.8 Å². The number of nitrogens with zero attached hydrogens (tertiary/aromatic N) is 1. The third-order valence-corrected chi connectivity index (χ3v) is 2.28. The van der Waals surface area contributed by atoms with Gasteiger partial charge in [0, 0.05) is 32.2 Å². The molecule has 1 aromatic carbocycles. The van der Waals surface area contributed by atoms with Gasteiger partial charge in [0.1, 0.15) is 0 Å². The molecule has 0 saturated carbocycles. The molecule has 0 amide bonds. The van der Waals surface area contributed by atoms with E-state index in [1.54, 1.807) is 0 Å². The molecule has 1 aromatic rings. The van der Waals surface area contributed by atoms with Gasteiger partial charge in [0.05, 0.1) is 0 Å². The van der Waals surface area contributed by atoms with Gasteiger partial charge in [-0.15, -0.1) is 0 Å². The van der Waals surface area contributed by atoms with Gasteiger partial charge in [0.15, 0.2) is 0 Å². The van der Waals surface area contributed by atoms with Crippen molar-refractivity contribution in [2.24, 2.45) is 0 Å². The van der Waals surface area contributed by atoms with Crippen molar-refractivity contribution in [2.75, 3.05) is 19.4 Å². The van der Waals surface area contributed by atoms with Crippen LogP contribution in [0.25, 0.3) is 0 Å². The molecule has 0 spiro atoms. The molecule has 0 heterocycles. The molecule has 0 aromatic heterocycles. The SMILES string of the molecule is Cc1cc(C)c(N/C=C\N(C)C)c(C)c1. The Morgan fingerprint density at radius 1 is 1.07 bits per heavy atom. The first kappa shape index (κ1) is 11.6. The van der Waals surface area contributed by atoms with Gasteiger partial charge in [0.25, 0.3) is 0 Å². The predicted molar refractivity (Wildman–Crippen MR) is 67.1 cm³/mol. The molecule has 82 valence electrons. The minimum atomic E-state index is 1.21. The Labute approximate surface area is 92.6 Å². The molecular formula is C13H20N2. The highest BCUT2D eigenvalue weighted by molar-refractivity contribution is 5.59. The maximum atomic E-state index is 3.32. The molecule has 1 rings (SSSR count). The zero-order chi connectivity index (χ0) is 11.4. The van der Waals surface area contributed by atoms with Gasteiger partial charge in [-0.25, -0.2) is 0 Å². The van der Waals surface area contributed by atoms with Crippen LogP contribution >= 0.6 is 0 Å². The summed E-state index contributed by atoms with van der Waals surface area (Å²) < 4.78 is 0. The van der Waals surface area contributed by atoms with Crippen molar-refractivity contribution < 1.29 is 0 Å². The molecule has 0 aliphatic carbocycles. The van der Waals surface area contributed by atoms with Crippen LogP contribution in [0.3, 0.4) is 0 Å². The number of hydrogen-bond donors (Lipinski definition) is 1. The molecule has 0 aliphatic heterocycles. The molecule has 1 N–H and O–H groups in total. The van der Waals surface area contributed by atoms with E-state index in [2.05, 4.69) is 38.2 Å². The second-order valence-electron chi connectivity index (χ2n) is 4.20. The van der Waals surface area contributed by atoms with Crippen LogP contribution in [0, 0.1) is 20.8 Å². The standard InChI is InChI=1S/C13H20N2/c1-10-8-11(2)13(12(3)9-10)14-6-7-15(4)5/h6-9,14H,1-5H3/b7-6-. The minimum Gasteiger partial charge on any atom is -0.382 e. The molecule has 2 nitrogen and oxygen atoms in total. The van der Waals surface area contributed by atoms with Crippen LogP contribution in [0.5, 0.6) is 0 Å². The average molecular weight is 204 g/mol. The van der Waals surface area contributed by atoms with E-state index in [1.165, 1.54) is 22.4 Å². The molecule has 0 bridgehead atoms. The maximum Gasteiger partial charge on any atom is 0.0439 e. The van der Waals surface area contributed by atoms with Crippen molar-refractivity contribution in [1.82, 2.24) is 4.90 Å². The fourth-order valence-electron chi connectivity index (χ4n) is 1.68. The van der Waals surface area contributed by atoms with E-state index in [1.807, 2.05) is 31.4 Å². The van der Waals surface area contributed by atoms with Crippen molar-refractivity contribution in [3.63, 3.8) is 0 Å². The van der Waals surface area contributed by atoms with E-state index in [9.17, 15) is 0 Å². The number of benzene rings is 1. The molecule has 0 radical (unpaired) electrons. The van der Waals surface area contributed by atoms with Crippen LogP contribution in [0.2, 0.25) is 0 Å². The summed E-state index contributed by atoms with van der Waals surface area (Å²) in [5.74, 6) is 0. The van der Waals surface area contributed by atoms with Crippen molar-refractivity contribution in [3.8, 4) is 0 Å². The topological polar surface area (TPSA) is 15.3 Å². The lowest BCUT2D eigenvalue weighted by molar-refractivity contribution is 0.563. The van der Waals surface area contributed by atoms with E-state index >= 15 is 0 Å². The van der Waals surface area contributed by atoms with Gasteiger partial charge in [-0.1, -0.05) is 17.7 Å². The Balaban J connectivity index is 2.86. The molecule has 15 heavy (non-hydrogen) atoms. The summed E-state index contributed by atoms with van der Waals surface area (Å²) in [6.45, 7) is 6.39. The van der Waals surface area contributed by atoms with Gasteiger partial charge in [-0.2, -0.15) is 0 Å². The van der Waals surface area contributed by atoms with E-state index < -0.39 is 0 Å². The Kier molecular flexibility index (Phi) is 3.78. The van der Waals surface area contributed by atoms with Gasteiger partial charge >= 0.3 is 0 Å². The third kappa shape index (κ3) is 3.31. The van der Waals surface area contributed by atoms with Gasteiger partial charge in [-0.3, -0.25) is 0 Å². The number of hydrogen-bond acceptors (Lipinski definition) is 2. The molecule has 2 heteroatoms. The molecular weight excluding hydrogens is 184 g/mol. The Bertz CT molecular complexity index is 342. The monoisotopic (exact) mass is 204 g/mol. The second-order valence-corrected chi connectivity index (χ2v) is 4.20. The van der Waals surface area contributed by atoms with Crippen LogP contribution in [0.15, 0.2) is 24.5 Å². The first-order valence-electron chi connectivity index (χ1n) is 5.18. The molecule has 0 aliphatic rings. The van der Waals surface area contributed by atoms with E-state index in [0.717, 1.165) is 0 Å². The molecule has 0 atom stereocenters. The fraction of sp³-hybridized carbons (Fsp3) is 0.385. The molecule has 0 unspecified atom stereocenters. The smallest absolute Gasteiger partial charge is 0.0439 e. The number of nitrogens with one attached hydrogen (secondary N) is 1. The number of aryl methyl sites for hydroxylation is 3. The largest absolute Gasteiger partial charge is 0.382 e. The third-order valence-electron chi connectivity index (χ3n) is 2.28. The van der Waals surface area contributed by atoms with E-state index in [4.69, 9.17) is 0 Å². The lowest BCUT2D eigenvalue weighted by atomic mass is 10.1. The fourth-order valence-corrected chi connectivity index (χ4v) is 1.68. The highest BCUT2D eigenvalue weighted by Crippen LogP contribution is 2.21. The summed E-state index contributed by atoms with van der Waals surface area (Å²) in [4.78, 5) is 2.01. The summed E-state index contributed by atoms with van der Waals surface area (Å²) >= 11 is 0. The summed E-state index contributed by atoms with van der Waals surface area (Å²) in [5.41, 5.74) is 5.10. The Morgan fingerprint density at radius 2 is 1.60 bits per heavy atom. The van der Waals surface area contributed by atoms with E-state index in [-0.39, 0.29) is 0 Å². The summed E-state index contributed by atoms with van der Waals surface area (Å²) in [7, 11) is 4.01. The molecule has 0 fully saturated rings. The summed E-state index contributed by atoms with van der Waals surface area (Å²) in [6, 6.07) is 4.39. The van der Waals surface area contributed by atoms with Crippen molar-refractivity contribution in [1.29, 1.82) is 0 Å². The zero-order valence-electron chi connectivity index (χ0n) is 10.3. The minimum absolute atomic E-state index is 1.21. The quantitative estimate of drug-likeness (QED) is 0.814. The van der Waals surface area contributed by atoms with Gasteiger partial charge in [0.2, 0.25) is 0 Å². The van der Waals surface area contributed by atoms with Gasteiger partial charge < -0.3 is 10.2 Å². The first-order valence-corrected chi connectivity index (χ1v) is 5.18. The highest BCUT2D eigenvalue weighted by atomic mass is 15.0. The second kappa shape index (κ2) is 4.87. The zero-order valence-corrected chi connectivity index (χ0v) is 10.3. The summed E-state index contributed by atoms with van der Waals surface area (Å²) in [5, 5.41) is 3.32. The van der Waals surface area contributed by atoms with E-state index in [0.29, 0.717) is 0 Å². The van der Waals surface area contributed by atoms with Crippen molar-refractivity contribution in [3.05, 3.63) is 41.2 Å². The predicted octanol–water partition coefficient (Wildman–Crippen LogP) is 3.06. The Morgan fingerprint density at radius 3 is 2.07 bits per heavy atom. The number of anilines is 1. The van der Waals surface area contributed by atoms with Crippen LogP contribution in [0.4, 0.5) is 5.69 Å². The maximum absolute atomic E-state index is 3.32. The molecule has 0 saturated heterocycles. The number of rotatable bonds is 3. The Hall–Kier alpha value is -1.44.